The normalized spacial score (nSPS) is 14.8. The zero-order valence-corrected chi connectivity index (χ0v) is 20.3. The second-order valence-corrected chi connectivity index (χ2v) is 8.69. The van der Waals surface area contributed by atoms with Crippen LogP contribution in [0.25, 0.3) is 0 Å². The maximum atomic E-state index is 12.1. The summed E-state index contributed by atoms with van der Waals surface area (Å²) in [5.41, 5.74) is 0.374. The minimum absolute atomic E-state index is 0.0845. The number of hydrogen-bond acceptors (Lipinski definition) is 10. The summed E-state index contributed by atoms with van der Waals surface area (Å²) in [5.74, 6) is 0.538. The fraction of sp³-hybridized carbons (Fsp3) is 0.478. The van der Waals surface area contributed by atoms with Crippen molar-refractivity contribution in [3.05, 3.63) is 36.3 Å². The van der Waals surface area contributed by atoms with Crippen LogP contribution in [0.3, 0.4) is 0 Å². The van der Waals surface area contributed by atoms with Gasteiger partial charge in [0.1, 0.15) is 17.1 Å². The van der Waals surface area contributed by atoms with E-state index in [2.05, 4.69) is 15.3 Å². The second kappa shape index (κ2) is 11.9. The first kappa shape index (κ1) is 26.2. The van der Waals surface area contributed by atoms with E-state index in [1.54, 1.807) is 39.8 Å². The van der Waals surface area contributed by atoms with Crippen LogP contribution in [0.5, 0.6) is 17.4 Å². The molecule has 3 rings (SSSR count). The molecular formula is C23H30BN3O8. The number of carbonyl (C=O) groups is 2. The Bertz CT molecular complexity index is 1020. The van der Waals surface area contributed by atoms with Gasteiger partial charge in [0, 0.05) is 30.6 Å². The summed E-state index contributed by atoms with van der Waals surface area (Å²) in [5, 5.41) is 13.2. The van der Waals surface area contributed by atoms with E-state index < -0.39 is 30.9 Å². The van der Waals surface area contributed by atoms with Gasteiger partial charge in [-0.3, -0.25) is 9.78 Å². The van der Waals surface area contributed by atoms with Gasteiger partial charge in [-0.25, -0.2) is 9.78 Å². The third kappa shape index (κ3) is 7.83. The fourth-order valence-corrected chi connectivity index (χ4v) is 3.39. The number of ether oxygens (including phenoxy) is 4. The minimum atomic E-state index is -1.27. The number of benzene rings is 1. The summed E-state index contributed by atoms with van der Waals surface area (Å²) < 4.78 is 27.6. The van der Waals surface area contributed by atoms with Gasteiger partial charge in [0.2, 0.25) is 5.88 Å². The van der Waals surface area contributed by atoms with Gasteiger partial charge in [-0.1, -0.05) is 0 Å². The molecular weight excluding hydrogens is 457 g/mol. The summed E-state index contributed by atoms with van der Waals surface area (Å²) in [4.78, 5) is 31.9. The van der Waals surface area contributed by atoms with Crippen molar-refractivity contribution in [1.29, 1.82) is 0 Å². The molecule has 2 heterocycles. The lowest BCUT2D eigenvalue weighted by Gasteiger charge is -2.20. The van der Waals surface area contributed by atoms with Crippen LogP contribution in [0, 0.1) is 0 Å². The fourth-order valence-electron chi connectivity index (χ4n) is 3.39. The predicted octanol–water partition coefficient (Wildman–Crippen LogP) is 2.27. The molecule has 2 N–H and O–H groups in total. The molecule has 1 aliphatic heterocycles. The molecule has 0 fully saturated rings. The van der Waals surface area contributed by atoms with Gasteiger partial charge >= 0.3 is 19.2 Å². The number of rotatable bonds is 10. The highest BCUT2D eigenvalue weighted by Gasteiger charge is 2.39. The highest BCUT2D eigenvalue weighted by molar-refractivity contribution is 6.62. The SMILES string of the molecule is CCOC(=O)CC1OB(O)c2cc(Oc3cnccn3)cc(OCCCNC(=O)OC(C)(C)C)c21. The molecule has 1 amide bonds. The van der Waals surface area contributed by atoms with Crippen LogP contribution in [0.15, 0.2) is 30.7 Å². The molecule has 0 bridgehead atoms. The van der Waals surface area contributed by atoms with Crippen molar-refractivity contribution in [2.45, 2.75) is 52.2 Å². The summed E-state index contributed by atoms with van der Waals surface area (Å²) in [6.07, 6.45) is 3.60. The van der Waals surface area contributed by atoms with Crippen LogP contribution in [0.4, 0.5) is 4.79 Å². The van der Waals surface area contributed by atoms with Crippen LogP contribution in [-0.4, -0.2) is 59.5 Å². The standard InChI is InChI=1S/C23H30BN3O8/c1-5-31-20(28)13-18-21-16(24(30)35-18)11-15(33-19-14-25-8-9-26-19)12-17(21)32-10-6-7-27-22(29)34-23(2,3)4/h8-9,11-12,14,18,30H,5-7,10,13H2,1-4H3,(H,27,29). The molecule has 0 aliphatic carbocycles. The Morgan fingerprint density at radius 2 is 2.06 bits per heavy atom. The van der Waals surface area contributed by atoms with Crippen LogP contribution < -0.4 is 20.3 Å². The largest absolute Gasteiger partial charge is 0.493 e. The molecule has 188 valence electrons. The first-order valence-electron chi connectivity index (χ1n) is 11.4. The van der Waals surface area contributed by atoms with Crippen molar-refractivity contribution in [2.24, 2.45) is 0 Å². The monoisotopic (exact) mass is 487 g/mol. The summed E-state index contributed by atoms with van der Waals surface area (Å²) in [6.45, 7) is 7.88. The van der Waals surface area contributed by atoms with Gasteiger partial charge in [-0.2, -0.15) is 0 Å². The lowest BCUT2D eigenvalue weighted by molar-refractivity contribution is -0.145. The van der Waals surface area contributed by atoms with Crippen LogP contribution in [-0.2, 0) is 18.9 Å². The smallest absolute Gasteiger partial charge is 0.492 e. The number of nitrogens with one attached hydrogen (secondary N) is 1. The highest BCUT2D eigenvalue weighted by Crippen LogP contribution is 2.37. The third-order valence-electron chi connectivity index (χ3n) is 4.69. The van der Waals surface area contributed by atoms with E-state index in [1.807, 2.05) is 0 Å². The topological polar surface area (TPSA) is 138 Å². The third-order valence-corrected chi connectivity index (χ3v) is 4.69. The molecule has 11 nitrogen and oxygen atoms in total. The number of fused-ring (bicyclic) bond motifs is 1. The van der Waals surface area contributed by atoms with Gasteiger partial charge in [-0.05, 0) is 45.6 Å². The zero-order valence-electron chi connectivity index (χ0n) is 20.3. The Hall–Kier alpha value is -3.38. The Labute approximate surface area is 204 Å². The van der Waals surface area contributed by atoms with E-state index in [-0.39, 0.29) is 25.5 Å². The molecule has 1 atom stereocenters. The van der Waals surface area contributed by atoms with Gasteiger partial charge in [0.25, 0.3) is 0 Å². The number of nitrogens with zero attached hydrogens (tertiary/aromatic N) is 2. The first-order valence-corrected chi connectivity index (χ1v) is 11.4. The zero-order chi connectivity index (χ0) is 25.4. The molecule has 0 radical (unpaired) electrons. The highest BCUT2D eigenvalue weighted by atomic mass is 16.6. The lowest BCUT2D eigenvalue weighted by atomic mass is 9.78. The van der Waals surface area contributed by atoms with Gasteiger partial charge < -0.3 is 33.9 Å². The van der Waals surface area contributed by atoms with Crippen molar-refractivity contribution in [3.63, 3.8) is 0 Å². The number of amides is 1. The van der Waals surface area contributed by atoms with Gasteiger partial charge in [0.15, 0.2) is 0 Å². The number of aromatic nitrogens is 2. The van der Waals surface area contributed by atoms with E-state index in [4.69, 9.17) is 23.6 Å². The van der Waals surface area contributed by atoms with Crippen molar-refractivity contribution in [1.82, 2.24) is 15.3 Å². The van der Waals surface area contributed by atoms with E-state index in [0.717, 1.165) is 0 Å². The van der Waals surface area contributed by atoms with Gasteiger partial charge in [0.05, 0.1) is 31.9 Å². The number of carbonyl (C=O) groups excluding carboxylic acids is 2. The maximum absolute atomic E-state index is 12.1. The maximum Gasteiger partial charge on any atom is 0.492 e. The molecule has 0 saturated carbocycles. The van der Waals surface area contributed by atoms with Crippen LogP contribution in [0.2, 0.25) is 0 Å². The number of hydrogen-bond donors (Lipinski definition) is 2. The number of alkyl carbamates (subject to hydrolysis) is 1. The summed E-state index contributed by atoms with van der Waals surface area (Å²) >= 11 is 0. The Balaban J connectivity index is 1.73. The molecule has 0 spiro atoms. The van der Waals surface area contributed by atoms with E-state index in [0.29, 0.717) is 35.5 Å². The van der Waals surface area contributed by atoms with Gasteiger partial charge in [-0.15, -0.1) is 0 Å². The summed E-state index contributed by atoms with van der Waals surface area (Å²) in [7, 11) is -1.27. The second-order valence-electron chi connectivity index (χ2n) is 8.69. The predicted molar refractivity (Wildman–Crippen MR) is 126 cm³/mol. The van der Waals surface area contributed by atoms with E-state index >= 15 is 0 Å². The Kier molecular flexibility index (Phi) is 8.88. The molecule has 0 saturated heterocycles. The average molecular weight is 487 g/mol. The molecule has 1 aromatic heterocycles. The van der Waals surface area contributed by atoms with Crippen molar-refractivity contribution in [3.8, 4) is 17.4 Å². The molecule has 1 unspecified atom stereocenters. The summed E-state index contributed by atoms with van der Waals surface area (Å²) in [6, 6.07) is 3.24. The quantitative estimate of drug-likeness (QED) is 0.292. The molecule has 35 heavy (non-hydrogen) atoms. The van der Waals surface area contributed by atoms with Crippen molar-refractivity contribution < 1.29 is 38.2 Å². The molecule has 1 aliphatic rings. The molecule has 1 aromatic carbocycles. The van der Waals surface area contributed by atoms with E-state index in [9.17, 15) is 14.6 Å². The van der Waals surface area contributed by atoms with Crippen LogP contribution >= 0.6 is 0 Å². The Morgan fingerprint density at radius 1 is 1.26 bits per heavy atom. The molecule has 2 aromatic rings. The average Bonchev–Trinajstić information content (AvgIpc) is 3.08. The lowest BCUT2D eigenvalue weighted by Crippen LogP contribution is -2.33. The van der Waals surface area contributed by atoms with E-state index in [1.165, 1.54) is 18.6 Å². The van der Waals surface area contributed by atoms with Crippen LogP contribution in [0.1, 0.15) is 52.2 Å². The Morgan fingerprint density at radius 3 is 2.74 bits per heavy atom. The van der Waals surface area contributed by atoms with Crippen molar-refractivity contribution in [2.75, 3.05) is 19.8 Å². The number of esters is 1. The first-order chi connectivity index (χ1) is 16.7. The molecule has 12 heteroatoms. The minimum Gasteiger partial charge on any atom is -0.493 e. The van der Waals surface area contributed by atoms with Crippen molar-refractivity contribution >= 4 is 24.6 Å².